The Bertz CT molecular complexity index is 1230. The van der Waals surface area contributed by atoms with E-state index < -0.39 is 0 Å². The molecule has 0 atom stereocenters. The van der Waals surface area contributed by atoms with Crippen molar-refractivity contribution < 1.29 is 4.79 Å². The first kappa shape index (κ1) is 22.2. The minimum atomic E-state index is -0.0505. The van der Waals surface area contributed by atoms with E-state index >= 15 is 0 Å². The summed E-state index contributed by atoms with van der Waals surface area (Å²) in [6.07, 6.45) is 0. The van der Waals surface area contributed by atoms with E-state index in [0.717, 1.165) is 40.0 Å². The van der Waals surface area contributed by atoms with Gasteiger partial charge in [-0.05, 0) is 43.5 Å². The van der Waals surface area contributed by atoms with Crippen molar-refractivity contribution >= 4 is 39.8 Å². The van der Waals surface area contributed by atoms with Crippen LogP contribution in [0.2, 0.25) is 0 Å². The average molecular weight is 464 g/mol. The largest absolute Gasteiger partial charge is 0.302 e. The smallest absolute Gasteiger partial charge is 0.230 e. The predicted octanol–water partition coefficient (Wildman–Crippen LogP) is 5.69. The van der Waals surface area contributed by atoms with Gasteiger partial charge in [0.05, 0.1) is 17.9 Å². The zero-order valence-corrected chi connectivity index (χ0v) is 20.2. The molecule has 0 fully saturated rings. The summed E-state index contributed by atoms with van der Waals surface area (Å²) in [6.45, 7) is 8.36. The molecule has 0 saturated heterocycles. The van der Waals surface area contributed by atoms with Crippen LogP contribution >= 0.6 is 23.1 Å². The highest BCUT2D eigenvalue weighted by molar-refractivity contribution is 7.98. The zero-order chi connectivity index (χ0) is 22.7. The summed E-state index contributed by atoms with van der Waals surface area (Å²) in [6, 6.07) is 16.3. The van der Waals surface area contributed by atoms with Crippen LogP contribution in [-0.2, 0) is 17.1 Å². The van der Waals surface area contributed by atoms with Crippen LogP contribution in [0.15, 0.2) is 59.1 Å². The quantitative estimate of drug-likeness (QED) is 0.330. The molecule has 4 aromatic rings. The van der Waals surface area contributed by atoms with Crippen LogP contribution < -0.4 is 4.90 Å². The molecule has 0 saturated carbocycles. The van der Waals surface area contributed by atoms with Crippen molar-refractivity contribution in [2.45, 2.75) is 45.1 Å². The van der Waals surface area contributed by atoms with Crippen molar-refractivity contribution in [3.8, 4) is 0 Å². The highest BCUT2D eigenvalue weighted by Crippen LogP contribution is 2.33. The minimum absolute atomic E-state index is 0.0505. The van der Waals surface area contributed by atoms with Crippen molar-refractivity contribution in [3.63, 3.8) is 0 Å². The van der Waals surface area contributed by atoms with E-state index in [4.69, 9.17) is 4.98 Å². The van der Waals surface area contributed by atoms with Gasteiger partial charge in [-0.15, -0.1) is 21.5 Å². The van der Waals surface area contributed by atoms with Gasteiger partial charge in [0.1, 0.15) is 5.82 Å². The molecule has 0 bridgehead atoms. The number of carbonyl (C=O) groups is 1. The lowest BCUT2D eigenvalue weighted by Gasteiger charge is -2.21. The molecule has 0 aliphatic rings. The lowest BCUT2D eigenvalue weighted by atomic mass is 10.1. The van der Waals surface area contributed by atoms with Crippen molar-refractivity contribution in [1.82, 2.24) is 19.7 Å². The molecular formula is C24H25N5OS2. The van der Waals surface area contributed by atoms with Crippen molar-refractivity contribution in [2.24, 2.45) is 0 Å². The van der Waals surface area contributed by atoms with E-state index in [1.165, 1.54) is 16.9 Å². The SMILES string of the molecule is CC(=O)N(c1nc(CSc2nnc(C)n2Cc2ccccc2)cs1)c1cccc(C)c1C. The van der Waals surface area contributed by atoms with Gasteiger partial charge < -0.3 is 4.57 Å². The van der Waals surface area contributed by atoms with Gasteiger partial charge in [-0.25, -0.2) is 4.98 Å². The first-order valence-corrected chi connectivity index (χ1v) is 12.2. The van der Waals surface area contributed by atoms with Gasteiger partial charge in [-0.3, -0.25) is 9.69 Å². The van der Waals surface area contributed by atoms with E-state index in [-0.39, 0.29) is 5.91 Å². The number of amides is 1. The standard InChI is InChI=1S/C24H25N5OS2/c1-16-9-8-12-22(17(16)2)29(19(4)30)23-25-21(14-31-23)15-32-24-27-26-18(3)28(24)13-20-10-6-5-7-11-20/h5-12,14H,13,15H2,1-4H3. The molecular weight excluding hydrogens is 438 g/mol. The van der Waals surface area contributed by atoms with Crippen LogP contribution in [0.5, 0.6) is 0 Å². The Balaban J connectivity index is 1.52. The number of rotatable bonds is 7. The highest BCUT2D eigenvalue weighted by Gasteiger charge is 2.20. The monoisotopic (exact) mass is 463 g/mol. The molecule has 2 heterocycles. The Morgan fingerprint density at radius 2 is 1.84 bits per heavy atom. The summed E-state index contributed by atoms with van der Waals surface area (Å²) in [7, 11) is 0. The Kier molecular flexibility index (Phi) is 6.72. The number of nitrogens with zero attached hydrogens (tertiary/aromatic N) is 5. The highest BCUT2D eigenvalue weighted by atomic mass is 32.2. The van der Waals surface area contributed by atoms with E-state index in [0.29, 0.717) is 10.9 Å². The van der Waals surface area contributed by atoms with Crippen LogP contribution in [0, 0.1) is 20.8 Å². The number of thiazole rings is 1. The number of hydrogen-bond acceptors (Lipinski definition) is 6. The third-order valence-electron chi connectivity index (χ3n) is 5.30. The third kappa shape index (κ3) is 4.76. The molecule has 2 aromatic heterocycles. The molecule has 8 heteroatoms. The number of hydrogen-bond donors (Lipinski definition) is 0. The molecule has 2 aromatic carbocycles. The fraction of sp³-hybridized carbons (Fsp3) is 0.250. The Labute approximate surface area is 196 Å². The first-order chi connectivity index (χ1) is 15.4. The summed E-state index contributed by atoms with van der Waals surface area (Å²) >= 11 is 3.09. The van der Waals surface area contributed by atoms with E-state index in [2.05, 4.69) is 39.9 Å². The van der Waals surface area contributed by atoms with Gasteiger partial charge in [0, 0.05) is 18.1 Å². The summed E-state index contributed by atoms with van der Waals surface area (Å²) in [4.78, 5) is 18.9. The minimum Gasteiger partial charge on any atom is -0.302 e. The topological polar surface area (TPSA) is 63.9 Å². The van der Waals surface area contributed by atoms with Crippen molar-refractivity contribution in [3.05, 3.63) is 82.1 Å². The van der Waals surface area contributed by atoms with Gasteiger partial charge in [-0.1, -0.05) is 54.2 Å². The Morgan fingerprint density at radius 3 is 2.59 bits per heavy atom. The Morgan fingerprint density at radius 1 is 1.06 bits per heavy atom. The maximum atomic E-state index is 12.5. The first-order valence-electron chi connectivity index (χ1n) is 10.3. The summed E-state index contributed by atoms with van der Waals surface area (Å²) < 4.78 is 2.12. The normalized spacial score (nSPS) is 11.0. The van der Waals surface area contributed by atoms with Crippen molar-refractivity contribution in [2.75, 3.05) is 4.90 Å². The Hall–Kier alpha value is -2.97. The molecule has 0 aliphatic carbocycles. The fourth-order valence-corrected chi connectivity index (χ4v) is 5.27. The molecule has 0 spiro atoms. The summed E-state index contributed by atoms with van der Waals surface area (Å²) in [5, 5.41) is 12.2. The summed E-state index contributed by atoms with van der Waals surface area (Å²) in [5.74, 6) is 1.49. The maximum absolute atomic E-state index is 12.5. The second-order valence-corrected chi connectivity index (χ2v) is 9.36. The van der Waals surface area contributed by atoms with Gasteiger partial charge in [-0.2, -0.15) is 0 Å². The third-order valence-corrected chi connectivity index (χ3v) is 7.17. The number of aromatic nitrogens is 4. The number of benzene rings is 2. The number of thioether (sulfide) groups is 1. The lowest BCUT2D eigenvalue weighted by Crippen LogP contribution is -2.23. The lowest BCUT2D eigenvalue weighted by molar-refractivity contribution is -0.115. The van der Waals surface area contributed by atoms with Crippen LogP contribution in [0.3, 0.4) is 0 Å². The number of aryl methyl sites for hydroxylation is 2. The van der Waals surface area contributed by atoms with Gasteiger partial charge in [0.15, 0.2) is 10.3 Å². The van der Waals surface area contributed by atoms with Crippen molar-refractivity contribution in [1.29, 1.82) is 0 Å². The zero-order valence-electron chi connectivity index (χ0n) is 18.6. The molecule has 32 heavy (non-hydrogen) atoms. The van der Waals surface area contributed by atoms with Gasteiger partial charge >= 0.3 is 0 Å². The molecule has 0 radical (unpaired) electrons. The van der Waals surface area contributed by atoms with Crippen LogP contribution in [0.1, 0.15) is 35.1 Å². The van der Waals surface area contributed by atoms with Gasteiger partial charge in [0.2, 0.25) is 5.91 Å². The predicted molar refractivity (Wildman–Crippen MR) is 131 cm³/mol. The second-order valence-electron chi connectivity index (χ2n) is 7.59. The molecule has 164 valence electrons. The number of carbonyl (C=O) groups excluding carboxylic acids is 1. The second kappa shape index (κ2) is 9.67. The van der Waals surface area contributed by atoms with E-state index in [1.807, 2.05) is 49.6 Å². The van der Waals surface area contributed by atoms with Crippen LogP contribution in [0.25, 0.3) is 0 Å². The molecule has 0 unspecified atom stereocenters. The van der Waals surface area contributed by atoms with Gasteiger partial charge in [0.25, 0.3) is 0 Å². The van der Waals surface area contributed by atoms with Crippen LogP contribution in [0.4, 0.5) is 10.8 Å². The number of anilines is 2. The molecule has 0 aliphatic heterocycles. The molecule has 4 rings (SSSR count). The summed E-state index contributed by atoms with van der Waals surface area (Å²) in [5.41, 5.74) is 5.23. The van der Waals surface area contributed by atoms with Crippen LogP contribution in [-0.4, -0.2) is 25.7 Å². The van der Waals surface area contributed by atoms with E-state index in [9.17, 15) is 4.79 Å². The molecule has 1 amide bonds. The molecule has 6 nitrogen and oxygen atoms in total. The average Bonchev–Trinajstić information content (AvgIpc) is 3.37. The molecule has 0 N–H and O–H groups in total. The van der Waals surface area contributed by atoms with E-state index in [1.54, 1.807) is 23.6 Å². The fourth-order valence-electron chi connectivity index (χ4n) is 3.41. The maximum Gasteiger partial charge on any atom is 0.230 e.